The molecule has 0 saturated heterocycles. The number of aliphatic hydroxyl groups is 1. The number of ether oxygens (including phenoxy) is 1. The molecule has 0 fully saturated rings. The molecule has 0 saturated carbocycles. The molecular formula is C34H34BrNO2. The summed E-state index contributed by atoms with van der Waals surface area (Å²) in [5, 5.41) is 17.6. The van der Waals surface area contributed by atoms with E-state index < -0.39 is 5.60 Å². The Morgan fingerprint density at radius 2 is 1.47 bits per heavy atom. The van der Waals surface area contributed by atoms with Crippen LogP contribution in [0.3, 0.4) is 0 Å². The van der Waals surface area contributed by atoms with Crippen LogP contribution in [0.15, 0.2) is 103 Å². The molecule has 2 atom stereocenters. The molecule has 1 N–H and O–H groups in total. The molecule has 2 unspecified atom stereocenters. The lowest BCUT2D eigenvalue weighted by Crippen LogP contribution is -2.38. The highest BCUT2D eigenvalue weighted by molar-refractivity contribution is 9.09. The molecule has 0 aliphatic carbocycles. The highest BCUT2D eigenvalue weighted by atomic mass is 79.9. The van der Waals surface area contributed by atoms with E-state index in [-0.39, 0.29) is 5.92 Å². The number of fused-ring (bicyclic) bond motifs is 2. The van der Waals surface area contributed by atoms with Crippen LogP contribution in [0, 0.1) is 6.92 Å². The third-order valence-corrected chi connectivity index (χ3v) is 7.71. The van der Waals surface area contributed by atoms with Crippen molar-refractivity contribution in [1.82, 2.24) is 4.90 Å². The van der Waals surface area contributed by atoms with Gasteiger partial charge in [0.1, 0.15) is 16.9 Å². The van der Waals surface area contributed by atoms with Crippen LogP contribution in [0.25, 0.3) is 21.5 Å². The van der Waals surface area contributed by atoms with Crippen molar-refractivity contribution < 1.29 is 9.84 Å². The lowest BCUT2D eigenvalue weighted by atomic mass is 9.69. The van der Waals surface area contributed by atoms with Gasteiger partial charge in [-0.25, -0.2) is 0 Å². The number of hydrogen-bond donors (Lipinski definition) is 1. The Morgan fingerprint density at radius 3 is 2.18 bits per heavy atom. The SMILES string of the molecule is Cc1cccc(C(c2c(OCBr)ccc3ccccc23)C(O)(CCN(C)C)c2cccc3ccccc23)c1. The zero-order valence-electron chi connectivity index (χ0n) is 22.2. The fourth-order valence-electron chi connectivity index (χ4n) is 5.72. The molecule has 0 aliphatic heterocycles. The first-order chi connectivity index (χ1) is 18.4. The quantitative estimate of drug-likeness (QED) is 0.183. The van der Waals surface area contributed by atoms with Crippen LogP contribution in [0.5, 0.6) is 5.75 Å². The van der Waals surface area contributed by atoms with E-state index in [2.05, 4.69) is 139 Å². The Bertz CT molecular complexity index is 1560. The molecule has 194 valence electrons. The number of benzene rings is 5. The Kier molecular flexibility index (Phi) is 7.85. The van der Waals surface area contributed by atoms with Crippen LogP contribution >= 0.6 is 15.9 Å². The standard InChI is InChI=1S/C34H34BrNO2/c1-24-10-8-14-27(22-24)33(32-29-16-7-5-12-26(29)18-19-31(32)38-23-35)34(37,20-21-36(2)3)30-17-9-13-25-11-4-6-15-28(25)30/h4-19,22,33,37H,20-21,23H2,1-3H3. The normalized spacial score (nSPS) is 14.1. The van der Waals surface area contributed by atoms with Gasteiger partial charge in [0, 0.05) is 18.0 Å². The van der Waals surface area contributed by atoms with Crippen molar-refractivity contribution in [2.75, 3.05) is 26.2 Å². The fraction of sp³-hybridized carbons (Fsp3) is 0.235. The lowest BCUT2D eigenvalue weighted by molar-refractivity contribution is 0.00565. The van der Waals surface area contributed by atoms with E-state index in [0.29, 0.717) is 11.9 Å². The summed E-state index contributed by atoms with van der Waals surface area (Å²) in [7, 11) is 4.12. The maximum Gasteiger partial charge on any atom is 0.143 e. The van der Waals surface area contributed by atoms with Crippen LogP contribution in [0.1, 0.15) is 34.6 Å². The summed E-state index contributed by atoms with van der Waals surface area (Å²) in [4.78, 5) is 2.14. The van der Waals surface area contributed by atoms with Gasteiger partial charge in [-0.3, -0.25) is 0 Å². The summed E-state index contributed by atoms with van der Waals surface area (Å²) in [6.45, 7) is 2.83. The van der Waals surface area contributed by atoms with E-state index in [1.807, 2.05) is 6.07 Å². The van der Waals surface area contributed by atoms with Crippen molar-refractivity contribution in [2.45, 2.75) is 24.9 Å². The van der Waals surface area contributed by atoms with Crippen molar-refractivity contribution in [2.24, 2.45) is 0 Å². The van der Waals surface area contributed by atoms with Gasteiger partial charge in [-0.05, 0) is 82.1 Å². The van der Waals surface area contributed by atoms with E-state index in [1.165, 1.54) is 0 Å². The van der Waals surface area contributed by atoms with Gasteiger partial charge in [0.25, 0.3) is 0 Å². The summed E-state index contributed by atoms with van der Waals surface area (Å²) in [5.41, 5.74) is 3.29. The first-order valence-corrected chi connectivity index (χ1v) is 14.2. The molecule has 3 nitrogen and oxygen atoms in total. The number of hydrogen-bond acceptors (Lipinski definition) is 3. The zero-order chi connectivity index (χ0) is 26.7. The summed E-state index contributed by atoms with van der Waals surface area (Å²) in [6, 6.07) is 35.7. The molecule has 0 amide bonds. The zero-order valence-corrected chi connectivity index (χ0v) is 23.8. The van der Waals surface area contributed by atoms with Gasteiger partial charge < -0.3 is 14.7 Å². The average molecular weight is 569 g/mol. The minimum atomic E-state index is -1.23. The molecule has 0 aliphatic rings. The van der Waals surface area contributed by atoms with Gasteiger partial charge in [-0.1, -0.05) is 103 Å². The summed E-state index contributed by atoms with van der Waals surface area (Å²) in [6.07, 6.45) is 0.545. The largest absolute Gasteiger partial charge is 0.482 e. The van der Waals surface area contributed by atoms with Gasteiger partial charge >= 0.3 is 0 Å². The molecule has 38 heavy (non-hydrogen) atoms. The minimum Gasteiger partial charge on any atom is -0.482 e. The van der Waals surface area contributed by atoms with Crippen LogP contribution in [0.2, 0.25) is 0 Å². The van der Waals surface area contributed by atoms with Crippen molar-refractivity contribution in [1.29, 1.82) is 0 Å². The summed E-state index contributed by atoms with van der Waals surface area (Å²) >= 11 is 3.49. The van der Waals surface area contributed by atoms with E-state index in [1.54, 1.807) is 0 Å². The lowest BCUT2D eigenvalue weighted by Gasteiger charge is -2.40. The summed E-state index contributed by atoms with van der Waals surface area (Å²) in [5.74, 6) is 0.393. The van der Waals surface area contributed by atoms with Crippen molar-refractivity contribution in [3.63, 3.8) is 0 Å². The Morgan fingerprint density at radius 1 is 0.816 bits per heavy atom. The molecule has 0 radical (unpaired) electrons. The highest BCUT2D eigenvalue weighted by Crippen LogP contribution is 2.50. The minimum absolute atomic E-state index is 0.364. The second kappa shape index (κ2) is 11.3. The fourth-order valence-corrected chi connectivity index (χ4v) is 5.97. The monoisotopic (exact) mass is 567 g/mol. The first kappa shape index (κ1) is 26.4. The maximum absolute atomic E-state index is 13.2. The van der Waals surface area contributed by atoms with Crippen molar-refractivity contribution in [3.8, 4) is 5.75 Å². The van der Waals surface area contributed by atoms with E-state index >= 15 is 0 Å². The number of rotatable bonds is 9. The molecule has 5 rings (SSSR count). The second-order valence-corrected chi connectivity index (χ2v) is 10.8. The van der Waals surface area contributed by atoms with Crippen molar-refractivity contribution in [3.05, 3.63) is 125 Å². The number of aryl methyl sites for hydroxylation is 1. The van der Waals surface area contributed by atoms with E-state index in [9.17, 15) is 5.11 Å². The van der Waals surface area contributed by atoms with Gasteiger partial charge in [0.2, 0.25) is 0 Å². The first-order valence-electron chi connectivity index (χ1n) is 13.0. The molecule has 0 bridgehead atoms. The van der Waals surface area contributed by atoms with Crippen molar-refractivity contribution >= 4 is 37.5 Å². The van der Waals surface area contributed by atoms with Gasteiger partial charge in [-0.15, -0.1) is 0 Å². The number of nitrogens with zero attached hydrogens (tertiary/aromatic N) is 1. The van der Waals surface area contributed by atoms with Crippen LogP contribution < -0.4 is 4.74 Å². The molecule has 0 spiro atoms. The van der Waals surface area contributed by atoms with Crippen LogP contribution in [-0.2, 0) is 5.60 Å². The number of alkyl halides is 1. The molecule has 4 heteroatoms. The Labute approximate surface area is 233 Å². The number of halogens is 1. The topological polar surface area (TPSA) is 32.7 Å². The predicted octanol–water partition coefficient (Wildman–Crippen LogP) is 8.00. The Balaban J connectivity index is 1.90. The maximum atomic E-state index is 13.2. The molecule has 5 aromatic carbocycles. The smallest absolute Gasteiger partial charge is 0.143 e. The van der Waals surface area contributed by atoms with Crippen LogP contribution in [0.4, 0.5) is 0 Å². The second-order valence-electron chi connectivity index (χ2n) is 10.3. The third-order valence-electron chi connectivity index (χ3n) is 7.48. The summed E-state index contributed by atoms with van der Waals surface area (Å²) < 4.78 is 6.22. The molecule has 5 aromatic rings. The Hall–Kier alpha value is -3.18. The van der Waals surface area contributed by atoms with Gasteiger partial charge in [0.05, 0.1) is 0 Å². The van der Waals surface area contributed by atoms with Gasteiger partial charge in [-0.2, -0.15) is 0 Å². The van der Waals surface area contributed by atoms with E-state index in [4.69, 9.17) is 4.74 Å². The molecular weight excluding hydrogens is 534 g/mol. The molecule has 0 aromatic heterocycles. The van der Waals surface area contributed by atoms with Gasteiger partial charge in [0.15, 0.2) is 0 Å². The third kappa shape index (κ3) is 5.09. The van der Waals surface area contributed by atoms with Crippen LogP contribution in [-0.4, -0.2) is 36.2 Å². The molecule has 0 heterocycles. The highest BCUT2D eigenvalue weighted by Gasteiger charge is 2.43. The van der Waals surface area contributed by atoms with E-state index in [0.717, 1.165) is 56.1 Å². The predicted molar refractivity (Wildman–Crippen MR) is 162 cm³/mol. The average Bonchev–Trinajstić information content (AvgIpc) is 2.93.